The molecule has 0 saturated heterocycles. The van der Waals surface area contributed by atoms with Gasteiger partial charge in [0.15, 0.2) is 0 Å². The van der Waals surface area contributed by atoms with E-state index in [1.807, 2.05) is 6.07 Å². The number of hydrogen-bond acceptors (Lipinski definition) is 3. The van der Waals surface area contributed by atoms with E-state index in [4.69, 9.17) is 4.74 Å². The maximum Gasteiger partial charge on any atom is 0.120 e. The van der Waals surface area contributed by atoms with Gasteiger partial charge in [0.05, 0.1) is 5.60 Å². The van der Waals surface area contributed by atoms with Crippen molar-refractivity contribution in [1.29, 1.82) is 0 Å². The minimum Gasteiger partial charge on any atom is -0.489 e. The van der Waals surface area contributed by atoms with Gasteiger partial charge in [-0.1, -0.05) is 56.2 Å². The Hall–Kier alpha value is -1.84. The summed E-state index contributed by atoms with van der Waals surface area (Å²) in [6.45, 7) is 3.36. The number of hydrogen-bond donors (Lipinski definition) is 2. The third-order valence-corrected chi connectivity index (χ3v) is 11.1. The Bertz CT molecular complexity index is 1040. The van der Waals surface area contributed by atoms with Crippen molar-refractivity contribution in [3.63, 3.8) is 0 Å². The number of unbranched alkanes of at least 4 members (excludes halogenated alkanes) is 2. The van der Waals surface area contributed by atoms with Crippen LogP contribution in [0, 0.1) is 22.7 Å². The van der Waals surface area contributed by atoms with Crippen LogP contribution >= 0.6 is 0 Å². The molecule has 35 heavy (non-hydrogen) atoms. The third-order valence-electron chi connectivity index (χ3n) is 11.1. The average Bonchev–Trinajstić information content (AvgIpc) is 3.26. The molecule has 6 rings (SSSR count). The Morgan fingerprint density at radius 2 is 1.74 bits per heavy atom. The van der Waals surface area contributed by atoms with E-state index in [1.54, 1.807) is 5.56 Å². The molecule has 3 nitrogen and oxygen atoms in total. The van der Waals surface area contributed by atoms with Crippen LogP contribution in [-0.2, 0) is 13.0 Å². The maximum absolute atomic E-state index is 11.7. The molecule has 0 aliphatic heterocycles. The van der Waals surface area contributed by atoms with Gasteiger partial charge in [-0.05, 0) is 110 Å². The molecule has 188 valence electrons. The number of aliphatic hydroxyl groups excluding tert-OH is 1. The molecule has 2 N–H and O–H groups in total. The molecule has 4 aliphatic rings. The molecule has 0 radical (unpaired) electrons. The van der Waals surface area contributed by atoms with Crippen LogP contribution in [0.2, 0.25) is 0 Å². The second kappa shape index (κ2) is 8.92. The smallest absolute Gasteiger partial charge is 0.120 e. The summed E-state index contributed by atoms with van der Waals surface area (Å²) in [4.78, 5) is 0. The summed E-state index contributed by atoms with van der Waals surface area (Å²) in [5.74, 6) is 2.93. The highest BCUT2D eigenvalue weighted by molar-refractivity contribution is 5.43. The standard InChI is InChI=1S/C32H42O3/c1-30-14-13-28-27-12-11-26(35-22-23-8-4-2-5-9-23)21-25(27)20-24(10-6-3-7-19-33)29(28)31(30)15-17-32(30,34)18-16-31/h2,4-5,8-9,11-12,21,24,28-29,33-34H,3,6-7,10,13-20,22H2,1H3/t24-,28-,29-,30+,31?,32?/m1/s1. The summed E-state index contributed by atoms with van der Waals surface area (Å²) >= 11 is 0. The lowest BCUT2D eigenvalue weighted by atomic mass is 9.45. The van der Waals surface area contributed by atoms with E-state index in [0.717, 1.165) is 44.3 Å². The second-order valence-corrected chi connectivity index (χ2v) is 12.4. The highest BCUT2D eigenvalue weighted by atomic mass is 16.5. The SMILES string of the molecule is C[C@]12CC[C@@H]3c4ccc(OCc5ccccc5)cc4C[C@@H](CCCCCO)[C@H]3C13CCC2(O)CC3. The number of fused-ring (bicyclic) bond motifs is 3. The van der Waals surface area contributed by atoms with Crippen molar-refractivity contribution >= 4 is 0 Å². The molecular weight excluding hydrogens is 432 g/mol. The lowest BCUT2D eigenvalue weighted by Gasteiger charge is -2.59. The minimum atomic E-state index is -0.436. The van der Waals surface area contributed by atoms with E-state index in [-0.39, 0.29) is 5.41 Å². The fraction of sp³-hybridized carbons (Fsp3) is 0.625. The summed E-state index contributed by atoms with van der Waals surface area (Å²) in [5, 5.41) is 21.0. The Labute approximate surface area is 210 Å². The molecule has 0 spiro atoms. The van der Waals surface area contributed by atoms with E-state index in [2.05, 4.69) is 49.4 Å². The van der Waals surface area contributed by atoms with Gasteiger partial charge in [-0.3, -0.25) is 0 Å². The zero-order valence-electron chi connectivity index (χ0n) is 21.3. The first-order valence-corrected chi connectivity index (χ1v) is 14.1. The molecular formula is C32H42O3. The lowest BCUT2D eigenvalue weighted by Crippen LogP contribution is -2.54. The highest BCUT2D eigenvalue weighted by Gasteiger charge is 2.74. The Morgan fingerprint density at radius 1 is 0.943 bits per heavy atom. The predicted octanol–water partition coefficient (Wildman–Crippen LogP) is 6.80. The molecule has 4 atom stereocenters. The van der Waals surface area contributed by atoms with Crippen molar-refractivity contribution in [2.24, 2.45) is 22.7 Å². The van der Waals surface area contributed by atoms with E-state index in [1.165, 1.54) is 43.2 Å². The van der Waals surface area contributed by atoms with Crippen LogP contribution in [0.5, 0.6) is 5.75 Å². The van der Waals surface area contributed by atoms with Gasteiger partial charge in [-0.2, -0.15) is 0 Å². The van der Waals surface area contributed by atoms with Crippen LogP contribution in [0.3, 0.4) is 0 Å². The van der Waals surface area contributed by atoms with Gasteiger partial charge < -0.3 is 14.9 Å². The topological polar surface area (TPSA) is 49.7 Å². The molecule has 0 heterocycles. The summed E-state index contributed by atoms with van der Waals surface area (Å²) in [6.07, 6.45) is 12.4. The first-order valence-electron chi connectivity index (χ1n) is 14.1. The van der Waals surface area contributed by atoms with Gasteiger partial charge in [-0.15, -0.1) is 0 Å². The normalized spacial score (nSPS) is 36.9. The molecule has 3 saturated carbocycles. The Morgan fingerprint density at radius 3 is 2.51 bits per heavy atom. The van der Waals surface area contributed by atoms with Gasteiger partial charge in [0, 0.05) is 12.0 Å². The number of aliphatic hydroxyl groups is 2. The Balaban J connectivity index is 1.30. The monoisotopic (exact) mass is 474 g/mol. The van der Waals surface area contributed by atoms with Crippen LogP contribution in [0.4, 0.5) is 0 Å². The third kappa shape index (κ3) is 3.60. The van der Waals surface area contributed by atoms with Gasteiger partial charge >= 0.3 is 0 Å². The highest BCUT2D eigenvalue weighted by Crippen LogP contribution is 2.78. The summed E-state index contributed by atoms with van der Waals surface area (Å²) in [6, 6.07) is 17.3. The molecule has 2 bridgehead atoms. The molecule has 0 unspecified atom stereocenters. The average molecular weight is 475 g/mol. The second-order valence-electron chi connectivity index (χ2n) is 12.4. The molecule has 0 amide bonds. The van der Waals surface area contributed by atoms with Crippen LogP contribution in [0.1, 0.15) is 93.7 Å². The van der Waals surface area contributed by atoms with Crippen molar-refractivity contribution in [3.05, 3.63) is 65.2 Å². The van der Waals surface area contributed by atoms with E-state index in [9.17, 15) is 10.2 Å². The molecule has 2 aromatic rings. The molecule has 0 aromatic heterocycles. The van der Waals surface area contributed by atoms with Gasteiger partial charge in [0.2, 0.25) is 0 Å². The zero-order valence-corrected chi connectivity index (χ0v) is 21.3. The van der Waals surface area contributed by atoms with Gasteiger partial charge in [-0.25, -0.2) is 0 Å². The first kappa shape index (κ1) is 23.6. The van der Waals surface area contributed by atoms with Crippen molar-refractivity contribution in [3.8, 4) is 5.75 Å². The summed E-state index contributed by atoms with van der Waals surface area (Å²) in [7, 11) is 0. The van der Waals surface area contributed by atoms with Gasteiger partial charge in [0.1, 0.15) is 12.4 Å². The minimum absolute atomic E-state index is 0.0841. The molecule has 4 aliphatic carbocycles. The first-order chi connectivity index (χ1) is 17.0. The quantitative estimate of drug-likeness (QED) is 0.414. The molecule has 3 fully saturated rings. The maximum atomic E-state index is 11.7. The van der Waals surface area contributed by atoms with E-state index in [0.29, 0.717) is 36.4 Å². The van der Waals surface area contributed by atoms with Crippen molar-refractivity contribution < 1.29 is 14.9 Å². The van der Waals surface area contributed by atoms with E-state index < -0.39 is 5.60 Å². The fourth-order valence-electron chi connectivity index (χ4n) is 9.33. The van der Waals surface area contributed by atoms with Crippen molar-refractivity contribution in [2.75, 3.05) is 6.61 Å². The number of ether oxygens (including phenoxy) is 1. The van der Waals surface area contributed by atoms with Crippen LogP contribution in [0.15, 0.2) is 48.5 Å². The molecule has 2 aromatic carbocycles. The summed E-state index contributed by atoms with van der Waals surface area (Å²) in [5.41, 5.74) is 4.21. The molecule has 3 heteroatoms. The number of benzene rings is 2. The lowest BCUT2D eigenvalue weighted by molar-refractivity contribution is -0.113. The van der Waals surface area contributed by atoms with Crippen molar-refractivity contribution in [1.82, 2.24) is 0 Å². The van der Waals surface area contributed by atoms with Crippen LogP contribution in [0.25, 0.3) is 0 Å². The Kier molecular flexibility index (Phi) is 6.00. The predicted molar refractivity (Wildman–Crippen MR) is 139 cm³/mol. The van der Waals surface area contributed by atoms with Crippen LogP contribution in [-0.4, -0.2) is 22.4 Å². The van der Waals surface area contributed by atoms with Crippen molar-refractivity contribution in [2.45, 2.75) is 95.7 Å². The summed E-state index contributed by atoms with van der Waals surface area (Å²) < 4.78 is 6.23. The van der Waals surface area contributed by atoms with Crippen LogP contribution < -0.4 is 4.74 Å². The number of rotatable bonds is 8. The fourth-order valence-corrected chi connectivity index (χ4v) is 9.33. The van der Waals surface area contributed by atoms with E-state index >= 15 is 0 Å². The largest absolute Gasteiger partial charge is 0.489 e. The van der Waals surface area contributed by atoms with Gasteiger partial charge in [0.25, 0.3) is 0 Å². The zero-order chi connectivity index (χ0) is 24.1.